The maximum Gasteiger partial charge on any atom is 0.341 e. The van der Waals surface area contributed by atoms with Gasteiger partial charge in [-0.2, -0.15) is 0 Å². The van der Waals surface area contributed by atoms with Gasteiger partial charge in [-0.25, -0.2) is 4.79 Å². The van der Waals surface area contributed by atoms with Crippen molar-refractivity contribution in [3.05, 3.63) is 46.3 Å². The number of hydrogen-bond donors (Lipinski definition) is 2. The van der Waals surface area contributed by atoms with Crippen molar-refractivity contribution in [1.82, 2.24) is 0 Å². The number of ether oxygens (including phenoxy) is 1. The first-order valence-corrected chi connectivity index (χ1v) is 10.3. The van der Waals surface area contributed by atoms with Crippen molar-refractivity contribution < 1.29 is 19.1 Å². The van der Waals surface area contributed by atoms with Gasteiger partial charge in [0.2, 0.25) is 5.91 Å². The van der Waals surface area contributed by atoms with Crippen LogP contribution in [-0.4, -0.2) is 24.4 Å². The normalized spacial score (nSPS) is 13.3. The summed E-state index contributed by atoms with van der Waals surface area (Å²) in [6, 6.07) is 6.66. The second-order valence-electron chi connectivity index (χ2n) is 7.07. The molecule has 7 heteroatoms. The Morgan fingerprint density at radius 2 is 1.82 bits per heavy atom. The lowest BCUT2D eigenvalue weighted by Crippen LogP contribution is -2.18. The Bertz CT molecular complexity index is 882. The lowest BCUT2D eigenvalue weighted by atomic mass is 10.1. The van der Waals surface area contributed by atoms with Crippen LogP contribution in [0.25, 0.3) is 0 Å². The molecule has 0 radical (unpaired) electrons. The summed E-state index contributed by atoms with van der Waals surface area (Å²) < 4.78 is 5.18. The number of rotatable bonds is 7. The molecule has 0 bridgehead atoms. The lowest BCUT2D eigenvalue weighted by molar-refractivity contribution is -0.118. The molecule has 0 saturated heterocycles. The molecule has 0 aliphatic heterocycles. The Morgan fingerprint density at radius 1 is 1.14 bits per heavy atom. The Hall–Kier alpha value is -2.67. The van der Waals surface area contributed by atoms with Crippen molar-refractivity contribution in [1.29, 1.82) is 0 Å². The summed E-state index contributed by atoms with van der Waals surface area (Å²) >= 11 is 1.35. The summed E-state index contributed by atoms with van der Waals surface area (Å²) in [7, 11) is 0. The predicted octanol–water partition coefficient (Wildman–Crippen LogP) is 4.65. The number of anilines is 2. The van der Waals surface area contributed by atoms with Gasteiger partial charge in [0.25, 0.3) is 5.91 Å². The van der Waals surface area contributed by atoms with Crippen molar-refractivity contribution in [3.63, 3.8) is 0 Å². The van der Waals surface area contributed by atoms with Crippen molar-refractivity contribution in [3.8, 4) is 0 Å². The van der Waals surface area contributed by atoms with Crippen LogP contribution in [0.5, 0.6) is 0 Å². The number of esters is 1. The third-order valence-electron chi connectivity index (χ3n) is 4.48. The quantitative estimate of drug-likeness (QED) is 0.663. The van der Waals surface area contributed by atoms with Crippen LogP contribution in [0.4, 0.5) is 10.7 Å². The fraction of sp³-hybridized carbons (Fsp3) is 0.381. The highest BCUT2D eigenvalue weighted by Crippen LogP contribution is 2.46. The van der Waals surface area contributed by atoms with Gasteiger partial charge in [-0.05, 0) is 60.9 Å². The van der Waals surface area contributed by atoms with Gasteiger partial charge >= 0.3 is 5.97 Å². The monoisotopic (exact) mass is 400 g/mol. The molecule has 1 heterocycles. The van der Waals surface area contributed by atoms with E-state index in [1.165, 1.54) is 11.3 Å². The molecule has 1 fully saturated rings. The molecule has 2 amide bonds. The first-order chi connectivity index (χ1) is 13.4. The average Bonchev–Trinajstić information content (AvgIpc) is 3.43. The molecule has 1 aliphatic rings. The first kappa shape index (κ1) is 20.1. The number of carbonyl (C=O) groups is 3. The van der Waals surface area contributed by atoms with Crippen LogP contribution in [0.2, 0.25) is 0 Å². The van der Waals surface area contributed by atoms with E-state index >= 15 is 0 Å². The van der Waals surface area contributed by atoms with Gasteiger partial charge in [-0.15, -0.1) is 11.3 Å². The maximum atomic E-state index is 12.6. The fourth-order valence-electron chi connectivity index (χ4n) is 2.74. The van der Waals surface area contributed by atoms with E-state index in [-0.39, 0.29) is 24.3 Å². The molecule has 1 aromatic heterocycles. The molecule has 0 unspecified atom stereocenters. The van der Waals surface area contributed by atoms with E-state index in [1.54, 1.807) is 31.2 Å². The molecule has 0 spiro atoms. The maximum absolute atomic E-state index is 12.6. The molecule has 2 N–H and O–H groups in total. The lowest BCUT2D eigenvalue weighted by Gasteiger charge is -2.10. The molecule has 6 nitrogen and oxygen atoms in total. The molecular formula is C21H24N2O4S. The van der Waals surface area contributed by atoms with Crippen LogP contribution in [-0.2, 0) is 9.53 Å². The van der Waals surface area contributed by atoms with Gasteiger partial charge in [-0.3, -0.25) is 9.59 Å². The van der Waals surface area contributed by atoms with Crippen molar-refractivity contribution >= 4 is 39.8 Å². The summed E-state index contributed by atoms with van der Waals surface area (Å²) in [6.45, 7) is 5.68. The minimum Gasteiger partial charge on any atom is -0.462 e. The fourth-order valence-corrected chi connectivity index (χ4v) is 3.76. The predicted molar refractivity (Wildman–Crippen MR) is 110 cm³/mol. The van der Waals surface area contributed by atoms with Gasteiger partial charge in [0.05, 0.1) is 12.2 Å². The minimum atomic E-state index is -0.396. The van der Waals surface area contributed by atoms with Gasteiger partial charge in [0, 0.05) is 17.2 Å². The van der Waals surface area contributed by atoms with E-state index in [0.717, 1.165) is 18.4 Å². The van der Waals surface area contributed by atoms with Crippen LogP contribution < -0.4 is 10.6 Å². The minimum absolute atomic E-state index is 0.0810. The number of carbonyl (C=O) groups excluding carboxylic acids is 3. The topological polar surface area (TPSA) is 84.5 Å². The highest BCUT2D eigenvalue weighted by atomic mass is 32.1. The van der Waals surface area contributed by atoms with Crippen molar-refractivity contribution in [2.24, 2.45) is 5.92 Å². The second-order valence-corrected chi connectivity index (χ2v) is 7.94. The zero-order valence-corrected chi connectivity index (χ0v) is 17.0. The van der Waals surface area contributed by atoms with Crippen LogP contribution in [0.3, 0.4) is 0 Å². The summed E-state index contributed by atoms with van der Waals surface area (Å²) in [6.07, 6.45) is 2.11. The molecule has 1 saturated carbocycles. The van der Waals surface area contributed by atoms with Gasteiger partial charge < -0.3 is 15.4 Å². The third kappa shape index (κ3) is 4.59. The van der Waals surface area contributed by atoms with Crippen LogP contribution in [0, 0.1) is 5.92 Å². The molecule has 1 aliphatic carbocycles. The van der Waals surface area contributed by atoms with Gasteiger partial charge in [-0.1, -0.05) is 13.8 Å². The summed E-state index contributed by atoms with van der Waals surface area (Å²) in [5, 5.41) is 8.08. The number of benzene rings is 1. The first-order valence-electron chi connectivity index (χ1n) is 9.41. The highest BCUT2D eigenvalue weighted by molar-refractivity contribution is 7.15. The Kier molecular flexibility index (Phi) is 6.14. The summed E-state index contributed by atoms with van der Waals surface area (Å²) in [4.78, 5) is 36.8. The largest absolute Gasteiger partial charge is 0.462 e. The zero-order chi connectivity index (χ0) is 20.3. The molecule has 0 atom stereocenters. The van der Waals surface area contributed by atoms with Gasteiger partial charge in [0.15, 0.2) is 0 Å². The van der Waals surface area contributed by atoms with E-state index < -0.39 is 5.97 Å². The second kappa shape index (κ2) is 8.56. The summed E-state index contributed by atoms with van der Waals surface area (Å²) in [5.41, 5.74) is 2.52. The van der Waals surface area contributed by atoms with E-state index in [1.807, 2.05) is 19.2 Å². The van der Waals surface area contributed by atoms with Crippen LogP contribution in [0.1, 0.15) is 65.8 Å². The summed E-state index contributed by atoms with van der Waals surface area (Å²) in [5.74, 6) is -0.527. The number of hydrogen-bond acceptors (Lipinski definition) is 5. The molecule has 28 heavy (non-hydrogen) atoms. The molecular weight excluding hydrogens is 376 g/mol. The van der Waals surface area contributed by atoms with Crippen LogP contribution >= 0.6 is 11.3 Å². The zero-order valence-electron chi connectivity index (χ0n) is 16.2. The number of thiophene rings is 1. The van der Waals surface area contributed by atoms with E-state index in [2.05, 4.69) is 10.6 Å². The average molecular weight is 401 g/mol. The third-order valence-corrected chi connectivity index (χ3v) is 5.40. The molecule has 1 aromatic carbocycles. The van der Waals surface area contributed by atoms with E-state index in [9.17, 15) is 14.4 Å². The van der Waals surface area contributed by atoms with Crippen LogP contribution in [0.15, 0.2) is 29.6 Å². The Morgan fingerprint density at radius 3 is 2.39 bits per heavy atom. The van der Waals surface area contributed by atoms with Crippen molar-refractivity contribution in [2.75, 3.05) is 17.2 Å². The highest BCUT2D eigenvalue weighted by Gasteiger charge is 2.32. The van der Waals surface area contributed by atoms with Gasteiger partial charge in [0.1, 0.15) is 5.00 Å². The van der Waals surface area contributed by atoms with E-state index in [4.69, 9.17) is 4.74 Å². The molecule has 2 aromatic rings. The molecule has 148 valence electrons. The SMILES string of the molecule is CCOC(=O)c1c(C2CC2)csc1NC(=O)c1ccc(NC(=O)C(C)C)cc1. The smallest absolute Gasteiger partial charge is 0.341 e. The van der Waals surface area contributed by atoms with E-state index in [0.29, 0.717) is 27.7 Å². The Labute approximate surface area is 168 Å². The number of nitrogens with one attached hydrogen (secondary N) is 2. The number of amides is 2. The van der Waals surface area contributed by atoms with Crippen molar-refractivity contribution in [2.45, 2.75) is 39.5 Å². The standard InChI is InChI=1S/C21H24N2O4S/c1-4-27-21(26)17-16(13-5-6-13)11-28-20(17)23-19(25)14-7-9-15(10-8-14)22-18(24)12(2)3/h7-13H,4-6H2,1-3H3,(H,22,24)(H,23,25). The molecule has 3 rings (SSSR count). The Balaban J connectivity index is 1.74.